The molecular formula is C24H17F. The number of halogens is 1. The third-order valence-electron chi connectivity index (χ3n) is 4.36. The van der Waals surface area contributed by atoms with Gasteiger partial charge in [0.05, 0.1) is 0 Å². The molecule has 0 aromatic heterocycles. The number of rotatable bonds is 3. The fraction of sp³-hybridized carbons (Fsp3) is 0. The van der Waals surface area contributed by atoms with Crippen LogP contribution in [0.1, 0.15) is 16.7 Å². The summed E-state index contributed by atoms with van der Waals surface area (Å²) < 4.78 is 13.4. The summed E-state index contributed by atoms with van der Waals surface area (Å²) in [6, 6.07) is 31.6. The van der Waals surface area contributed by atoms with Crippen LogP contribution in [0.3, 0.4) is 0 Å². The van der Waals surface area contributed by atoms with Crippen molar-refractivity contribution in [1.29, 1.82) is 0 Å². The molecule has 0 N–H and O–H groups in total. The van der Waals surface area contributed by atoms with Gasteiger partial charge in [-0.1, -0.05) is 84.9 Å². The van der Waals surface area contributed by atoms with Crippen molar-refractivity contribution in [2.75, 3.05) is 0 Å². The molecule has 0 nitrogen and oxygen atoms in total. The Hall–Kier alpha value is -3.19. The van der Waals surface area contributed by atoms with Gasteiger partial charge in [-0.3, -0.25) is 0 Å². The van der Waals surface area contributed by atoms with E-state index in [1.165, 1.54) is 22.9 Å². The van der Waals surface area contributed by atoms with E-state index in [2.05, 4.69) is 54.6 Å². The molecule has 0 radical (unpaired) electrons. The van der Waals surface area contributed by atoms with Crippen LogP contribution < -0.4 is 0 Å². The Kier molecular flexibility index (Phi) is 4.14. The lowest BCUT2D eigenvalue weighted by atomic mass is 9.94. The predicted octanol–water partition coefficient (Wildman–Crippen LogP) is 6.57. The molecule has 0 fully saturated rings. The molecular weight excluding hydrogens is 307 g/mol. The maximum atomic E-state index is 13.4. The number of hydrogen-bond acceptors (Lipinski definition) is 0. The van der Waals surface area contributed by atoms with Crippen molar-refractivity contribution >= 4 is 22.4 Å². The largest absolute Gasteiger partial charge is 0.207 e. The molecule has 120 valence electrons. The van der Waals surface area contributed by atoms with E-state index in [0.717, 1.165) is 22.3 Å². The van der Waals surface area contributed by atoms with Gasteiger partial charge >= 0.3 is 0 Å². The molecule has 0 aliphatic rings. The third kappa shape index (κ3) is 3.22. The minimum absolute atomic E-state index is 0.221. The van der Waals surface area contributed by atoms with Crippen LogP contribution in [0, 0.1) is 5.82 Å². The summed E-state index contributed by atoms with van der Waals surface area (Å²) >= 11 is 0. The Morgan fingerprint density at radius 3 is 2.04 bits per heavy atom. The standard InChI is InChI=1S/C24H17F/c25-22-15-13-20(14-16-22)24(19-7-2-1-3-8-19)17-21-11-6-10-18-9-4-5-12-23(18)21/h1-17H/b24-17-. The van der Waals surface area contributed by atoms with Crippen molar-refractivity contribution in [3.8, 4) is 0 Å². The van der Waals surface area contributed by atoms with Gasteiger partial charge in [0, 0.05) is 0 Å². The zero-order valence-electron chi connectivity index (χ0n) is 13.7. The van der Waals surface area contributed by atoms with Gasteiger partial charge in [0.1, 0.15) is 5.82 Å². The van der Waals surface area contributed by atoms with Crippen LogP contribution in [-0.2, 0) is 0 Å². The first kappa shape index (κ1) is 15.3. The van der Waals surface area contributed by atoms with Crippen molar-refractivity contribution < 1.29 is 4.39 Å². The summed E-state index contributed by atoms with van der Waals surface area (Å²) in [5.74, 6) is -0.221. The lowest BCUT2D eigenvalue weighted by Crippen LogP contribution is -1.89. The van der Waals surface area contributed by atoms with E-state index in [0.29, 0.717) is 0 Å². The van der Waals surface area contributed by atoms with Gasteiger partial charge < -0.3 is 0 Å². The molecule has 25 heavy (non-hydrogen) atoms. The van der Waals surface area contributed by atoms with E-state index in [4.69, 9.17) is 0 Å². The summed E-state index contributed by atoms with van der Waals surface area (Å²) in [7, 11) is 0. The van der Waals surface area contributed by atoms with Crippen molar-refractivity contribution in [3.05, 3.63) is 120 Å². The number of benzene rings is 4. The van der Waals surface area contributed by atoms with Crippen LogP contribution in [0.4, 0.5) is 4.39 Å². The highest BCUT2D eigenvalue weighted by Crippen LogP contribution is 2.29. The van der Waals surface area contributed by atoms with E-state index in [-0.39, 0.29) is 5.82 Å². The highest BCUT2D eigenvalue weighted by Gasteiger charge is 2.07. The molecule has 4 aromatic carbocycles. The molecule has 0 aliphatic heterocycles. The molecule has 0 aliphatic carbocycles. The third-order valence-corrected chi connectivity index (χ3v) is 4.36. The van der Waals surface area contributed by atoms with Gasteiger partial charge in [-0.25, -0.2) is 4.39 Å². The zero-order chi connectivity index (χ0) is 17.1. The van der Waals surface area contributed by atoms with Crippen molar-refractivity contribution in [2.24, 2.45) is 0 Å². The van der Waals surface area contributed by atoms with Gasteiger partial charge in [0.15, 0.2) is 0 Å². The molecule has 0 saturated heterocycles. The van der Waals surface area contributed by atoms with Crippen molar-refractivity contribution in [3.63, 3.8) is 0 Å². The molecule has 0 bridgehead atoms. The smallest absolute Gasteiger partial charge is 0.123 e. The van der Waals surface area contributed by atoms with Gasteiger partial charge in [0.25, 0.3) is 0 Å². The lowest BCUT2D eigenvalue weighted by Gasteiger charge is -2.10. The first-order valence-electron chi connectivity index (χ1n) is 8.32. The maximum absolute atomic E-state index is 13.4. The second-order valence-corrected chi connectivity index (χ2v) is 6.00. The first-order chi connectivity index (χ1) is 12.3. The molecule has 0 saturated carbocycles. The minimum atomic E-state index is -0.221. The Morgan fingerprint density at radius 2 is 1.24 bits per heavy atom. The summed E-state index contributed by atoms with van der Waals surface area (Å²) in [5, 5.41) is 2.42. The fourth-order valence-corrected chi connectivity index (χ4v) is 3.11. The van der Waals surface area contributed by atoms with E-state index < -0.39 is 0 Å². The molecule has 0 unspecified atom stereocenters. The second kappa shape index (κ2) is 6.74. The Bertz CT molecular complexity index is 1020. The van der Waals surface area contributed by atoms with Crippen molar-refractivity contribution in [1.82, 2.24) is 0 Å². The molecule has 0 heterocycles. The monoisotopic (exact) mass is 324 g/mol. The lowest BCUT2D eigenvalue weighted by molar-refractivity contribution is 0.627. The number of hydrogen-bond donors (Lipinski definition) is 0. The van der Waals surface area contributed by atoms with Crippen LogP contribution >= 0.6 is 0 Å². The van der Waals surface area contributed by atoms with Crippen LogP contribution in [0.15, 0.2) is 97.1 Å². The fourth-order valence-electron chi connectivity index (χ4n) is 3.11. The van der Waals surface area contributed by atoms with Crippen LogP contribution in [0.25, 0.3) is 22.4 Å². The molecule has 0 amide bonds. The Labute approximate surface area is 146 Å². The van der Waals surface area contributed by atoms with E-state index in [9.17, 15) is 4.39 Å². The quantitative estimate of drug-likeness (QED) is 0.374. The molecule has 0 atom stereocenters. The Balaban J connectivity index is 1.93. The predicted molar refractivity (Wildman–Crippen MR) is 104 cm³/mol. The van der Waals surface area contributed by atoms with Gasteiger partial charge in [-0.2, -0.15) is 0 Å². The maximum Gasteiger partial charge on any atom is 0.123 e. The van der Waals surface area contributed by atoms with Crippen LogP contribution in [0.2, 0.25) is 0 Å². The topological polar surface area (TPSA) is 0 Å². The van der Waals surface area contributed by atoms with Crippen LogP contribution in [0.5, 0.6) is 0 Å². The average molecular weight is 324 g/mol. The van der Waals surface area contributed by atoms with E-state index >= 15 is 0 Å². The summed E-state index contributed by atoms with van der Waals surface area (Å²) in [6.45, 7) is 0. The van der Waals surface area contributed by atoms with Gasteiger partial charge in [-0.15, -0.1) is 0 Å². The molecule has 1 heteroatoms. The number of fused-ring (bicyclic) bond motifs is 1. The van der Waals surface area contributed by atoms with E-state index in [1.807, 2.05) is 36.4 Å². The second-order valence-electron chi connectivity index (χ2n) is 6.00. The summed E-state index contributed by atoms with van der Waals surface area (Å²) in [4.78, 5) is 0. The van der Waals surface area contributed by atoms with Crippen molar-refractivity contribution in [2.45, 2.75) is 0 Å². The summed E-state index contributed by atoms with van der Waals surface area (Å²) in [5.41, 5.74) is 4.35. The average Bonchev–Trinajstić information content (AvgIpc) is 2.68. The van der Waals surface area contributed by atoms with Gasteiger partial charge in [0.2, 0.25) is 0 Å². The highest BCUT2D eigenvalue weighted by molar-refractivity contribution is 5.99. The Morgan fingerprint density at radius 1 is 0.600 bits per heavy atom. The SMILES string of the molecule is Fc1ccc(/C(=C\c2cccc3ccccc23)c2ccccc2)cc1. The molecule has 4 aromatic rings. The summed E-state index contributed by atoms with van der Waals surface area (Å²) in [6.07, 6.45) is 2.19. The highest BCUT2D eigenvalue weighted by atomic mass is 19.1. The van der Waals surface area contributed by atoms with Gasteiger partial charge in [-0.05, 0) is 51.2 Å². The van der Waals surface area contributed by atoms with E-state index in [1.54, 1.807) is 0 Å². The zero-order valence-corrected chi connectivity index (χ0v) is 13.7. The normalized spacial score (nSPS) is 11.6. The van der Waals surface area contributed by atoms with Crippen LogP contribution in [-0.4, -0.2) is 0 Å². The molecule has 4 rings (SSSR count). The minimum Gasteiger partial charge on any atom is -0.207 e. The molecule has 0 spiro atoms. The first-order valence-corrected chi connectivity index (χ1v) is 8.32.